The molecule has 0 radical (unpaired) electrons. The third kappa shape index (κ3) is 2.07. The zero-order chi connectivity index (χ0) is 9.97. The lowest BCUT2D eigenvalue weighted by molar-refractivity contribution is -0.176. The normalized spacial score (nSPS) is 33.5. The molecule has 2 aliphatic rings. The molecule has 4 nitrogen and oxygen atoms in total. The summed E-state index contributed by atoms with van der Waals surface area (Å²) < 4.78 is 10.2. The van der Waals surface area contributed by atoms with Crippen molar-refractivity contribution in [3.8, 4) is 0 Å². The summed E-state index contributed by atoms with van der Waals surface area (Å²) in [6.07, 6.45) is 2.25. The maximum Gasteiger partial charge on any atom is 0.323 e. The minimum atomic E-state index is -0.107. The second kappa shape index (κ2) is 4.28. The molecule has 0 saturated carbocycles. The molecule has 0 aromatic rings. The number of rotatable bonds is 2. The molecule has 0 bridgehead atoms. The van der Waals surface area contributed by atoms with Crippen LogP contribution < -0.4 is 5.32 Å². The number of esters is 1. The molecule has 1 N–H and O–H groups in total. The Hall–Kier alpha value is -0.610. The van der Waals surface area contributed by atoms with Crippen LogP contribution in [0.2, 0.25) is 0 Å². The van der Waals surface area contributed by atoms with Crippen molar-refractivity contribution in [3.05, 3.63) is 0 Å². The second-order valence-corrected chi connectivity index (χ2v) is 4.15. The van der Waals surface area contributed by atoms with E-state index >= 15 is 0 Å². The van der Waals surface area contributed by atoms with Gasteiger partial charge < -0.3 is 14.8 Å². The lowest BCUT2D eigenvalue weighted by atomic mass is 9.93. The van der Waals surface area contributed by atoms with Crippen LogP contribution in [0.4, 0.5) is 0 Å². The summed E-state index contributed by atoms with van der Waals surface area (Å²) in [7, 11) is 0. The van der Waals surface area contributed by atoms with E-state index in [0.717, 1.165) is 19.4 Å². The Kier molecular flexibility index (Phi) is 3.03. The lowest BCUT2D eigenvalue weighted by Gasteiger charge is -2.32. The lowest BCUT2D eigenvalue weighted by Crippen LogP contribution is -2.49. The molecule has 2 unspecified atom stereocenters. The van der Waals surface area contributed by atoms with E-state index < -0.39 is 0 Å². The van der Waals surface area contributed by atoms with Gasteiger partial charge in [0.25, 0.3) is 0 Å². The minimum Gasteiger partial charge on any atom is -0.456 e. The highest BCUT2D eigenvalue weighted by molar-refractivity contribution is 5.76. The van der Waals surface area contributed by atoms with Gasteiger partial charge in [-0.2, -0.15) is 0 Å². The number of carbonyl (C=O) groups is 1. The zero-order valence-corrected chi connectivity index (χ0v) is 8.49. The predicted molar refractivity (Wildman–Crippen MR) is 50.9 cm³/mol. The summed E-state index contributed by atoms with van der Waals surface area (Å²) in [4.78, 5) is 11.7. The molecule has 0 amide bonds. The van der Waals surface area contributed by atoms with Crippen molar-refractivity contribution in [2.24, 2.45) is 5.92 Å². The molecule has 2 fully saturated rings. The van der Waals surface area contributed by atoms with Gasteiger partial charge in [-0.05, 0) is 25.3 Å². The molecule has 2 saturated heterocycles. The van der Waals surface area contributed by atoms with E-state index in [1.54, 1.807) is 0 Å². The maximum absolute atomic E-state index is 11.7. The molecule has 4 heteroatoms. The molecule has 14 heavy (non-hydrogen) atoms. The van der Waals surface area contributed by atoms with Crippen LogP contribution in [0.5, 0.6) is 0 Å². The van der Waals surface area contributed by atoms with Crippen molar-refractivity contribution < 1.29 is 14.3 Å². The van der Waals surface area contributed by atoms with E-state index in [9.17, 15) is 4.79 Å². The zero-order valence-electron chi connectivity index (χ0n) is 8.49. The molecule has 0 aromatic heterocycles. The third-order valence-electron chi connectivity index (χ3n) is 2.91. The van der Waals surface area contributed by atoms with Gasteiger partial charge in [-0.25, -0.2) is 0 Å². The summed E-state index contributed by atoms with van der Waals surface area (Å²) in [6, 6.07) is -0.107. The summed E-state index contributed by atoms with van der Waals surface area (Å²) in [6.45, 7) is 4.14. The van der Waals surface area contributed by atoms with Crippen molar-refractivity contribution in [3.63, 3.8) is 0 Å². The summed E-state index contributed by atoms with van der Waals surface area (Å²) >= 11 is 0. The van der Waals surface area contributed by atoms with Gasteiger partial charge >= 0.3 is 5.97 Å². The third-order valence-corrected chi connectivity index (χ3v) is 2.91. The largest absolute Gasteiger partial charge is 0.456 e. The Morgan fingerprint density at radius 2 is 2.29 bits per heavy atom. The molecule has 2 rings (SSSR count). The molecule has 2 heterocycles. The van der Waals surface area contributed by atoms with Gasteiger partial charge in [0, 0.05) is 0 Å². The van der Waals surface area contributed by atoms with Crippen molar-refractivity contribution in [1.29, 1.82) is 0 Å². The highest BCUT2D eigenvalue weighted by Crippen LogP contribution is 2.18. The summed E-state index contributed by atoms with van der Waals surface area (Å²) in [5.41, 5.74) is 0. The van der Waals surface area contributed by atoms with Crippen LogP contribution in [0.3, 0.4) is 0 Å². The van der Waals surface area contributed by atoms with Gasteiger partial charge in [-0.15, -0.1) is 0 Å². The van der Waals surface area contributed by atoms with Gasteiger partial charge in [0.1, 0.15) is 12.1 Å². The molecule has 80 valence electrons. The van der Waals surface area contributed by atoms with Crippen LogP contribution in [0.25, 0.3) is 0 Å². The predicted octanol–water partition coefficient (Wildman–Crippen LogP) is 0.316. The quantitative estimate of drug-likeness (QED) is 0.650. The number of ether oxygens (including phenoxy) is 2. The first-order valence-electron chi connectivity index (χ1n) is 5.29. The van der Waals surface area contributed by atoms with Crippen LogP contribution in [0.1, 0.15) is 19.8 Å². The van der Waals surface area contributed by atoms with E-state index in [4.69, 9.17) is 9.47 Å². The highest BCUT2D eigenvalue weighted by Gasteiger charge is 2.32. The standard InChI is InChI=1S/C10H17NO3/c1-7-3-2-4-11-9(7)10(12)14-8-5-13-6-8/h7-9,11H,2-6H2,1H3. The second-order valence-electron chi connectivity index (χ2n) is 4.15. The van der Waals surface area contributed by atoms with Crippen LogP contribution >= 0.6 is 0 Å². The monoisotopic (exact) mass is 199 g/mol. The van der Waals surface area contributed by atoms with Crippen molar-refractivity contribution in [2.45, 2.75) is 31.9 Å². The number of piperidine rings is 1. The van der Waals surface area contributed by atoms with Gasteiger partial charge in [0.05, 0.1) is 13.2 Å². The van der Waals surface area contributed by atoms with Crippen LogP contribution in [-0.4, -0.2) is 37.9 Å². The fraction of sp³-hybridized carbons (Fsp3) is 0.900. The van der Waals surface area contributed by atoms with Gasteiger partial charge in [0.15, 0.2) is 0 Å². The number of nitrogens with one attached hydrogen (secondary N) is 1. The van der Waals surface area contributed by atoms with E-state index in [1.807, 2.05) is 0 Å². The van der Waals surface area contributed by atoms with E-state index in [-0.39, 0.29) is 18.1 Å². The molecular weight excluding hydrogens is 182 g/mol. The molecule has 0 spiro atoms. The number of hydrogen-bond donors (Lipinski definition) is 1. The van der Waals surface area contributed by atoms with Gasteiger partial charge in [0.2, 0.25) is 0 Å². The summed E-state index contributed by atoms with van der Waals surface area (Å²) in [5, 5.41) is 3.21. The highest BCUT2D eigenvalue weighted by atomic mass is 16.6. The average molecular weight is 199 g/mol. The Morgan fingerprint density at radius 3 is 2.86 bits per heavy atom. The Labute approximate surface area is 84.0 Å². The number of carbonyl (C=O) groups excluding carboxylic acids is 1. The van der Waals surface area contributed by atoms with E-state index in [2.05, 4.69) is 12.2 Å². The fourth-order valence-corrected chi connectivity index (χ4v) is 1.88. The van der Waals surface area contributed by atoms with Gasteiger partial charge in [-0.1, -0.05) is 6.92 Å². The number of hydrogen-bond acceptors (Lipinski definition) is 4. The van der Waals surface area contributed by atoms with Crippen LogP contribution in [-0.2, 0) is 14.3 Å². The van der Waals surface area contributed by atoms with Crippen molar-refractivity contribution in [1.82, 2.24) is 5.32 Å². The Bertz CT molecular complexity index is 215. The van der Waals surface area contributed by atoms with Crippen molar-refractivity contribution >= 4 is 5.97 Å². The fourth-order valence-electron chi connectivity index (χ4n) is 1.88. The topological polar surface area (TPSA) is 47.6 Å². The first kappa shape index (κ1) is 9.93. The first-order chi connectivity index (χ1) is 6.77. The average Bonchev–Trinajstić information content (AvgIpc) is 2.12. The Balaban J connectivity index is 1.82. The van der Waals surface area contributed by atoms with Crippen molar-refractivity contribution in [2.75, 3.05) is 19.8 Å². The summed E-state index contributed by atoms with van der Waals surface area (Å²) in [5.74, 6) is 0.280. The first-order valence-corrected chi connectivity index (χ1v) is 5.29. The SMILES string of the molecule is CC1CCCNC1C(=O)OC1COC1. The molecule has 0 aromatic carbocycles. The molecule has 0 aliphatic carbocycles. The van der Waals surface area contributed by atoms with Gasteiger partial charge in [-0.3, -0.25) is 4.79 Å². The molecule has 2 aliphatic heterocycles. The van der Waals surface area contributed by atoms with Crippen LogP contribution in [0, 0.1) is 5.92 Å². The molecular formula is C10H17NO3. The maximum atomic E-state index is 11.7. The molecule has 2 atom stereocenters. The van der Waals surface area contributed by atoms with Crippen LogP contribution in [0.15, 0.2) is 0 Å². The van der Waals surface area contributed by atoms with E-state index in [0.29, 0.717) is 19.1 Å². The minimum absolute atomic E-state index is 0.00146. The Morgan fingerprint density at radius 1 is 1.50 bits per heavy atom. The smallest absolute Gasteiger partial charge is 0.323 e. The van der Waals surface area contributed by atoms with E-state index in [1.165, 1.54) is 0 Å².